The summed E-state index contributed by atoms with van der Waals surface area (Å²) in [5, 5.41) is 7.58. The fourth-order valence-corrected chi connectivity index (χ4v) is 1.55. The molecule has 1 aliphatic heterocycles. The van der Waals surface area contributed by atoms with E-state index in [1.54, 1.807) is 6.07 Å². The second-order valence-corrected chi connectivity index (χ2v) is 4.08. The molecule has 0 aromatic rings. The van der Waals surface area contributed by atoms with Crippen LogP contribution in [0.3, 0.4) is 0 Å². The highest BCUT2D eigenvalue weighted by molar-refractivity contribution is 5.52. The first-order valence-corrected chi connectivity index (χ1v) is 5.11. The van der Waals surface area contributed by atoms with E-state index in [0.717, 1.165) is 11.8 Å². The van der Waals surface area contributed by atoms with Gasteiger partial charge in [0.1, 0.15) is 6.29 Å². The Balaban J connectivity index is 0.000000292. The lowest BCUT2D eigenvalue weighted by atomic mass is 9.95. The van der Waals surface area contributed by atoms with Crippen molar-refractivity contribution in [3.05, 3.63) is 0 Å². The molecule has 3 heteroatoms. The van der Waals surface area contributed by atoms with Gasteiger partial charge in [0.25, 0.3) is 0 Å². The number of rotatable bonds is 2. The van der Waals surface area contributed by atoms with Crippen molar-refractivity contribution in [1.82, 2.24) is 4.90 Å². The Hall–Kier alpha value is -0.880. The van der Waals surface area contributed by atoms with Gasteiger partial charge in [-0.05, 0) is 31.8 Å². The van der Waals surface area contributed by atoms with Crippen LogP contribution in [-0.4, -0.2) is 31.3 Å². The molecule has 0 aliphatic carbocycles. The van der Waals surface area contributed by atoms with Crippen LogP contribution in [0.5, 0.6) is 0 Å². The summed E-state index contributed by atoms with van der Waals surface area (Å²) >= 11 is 0. The number of likely N-dealkylation sites (tertiary alicyclic amines) is 1. The van der Waals surface area contributed by atoms with Crippen molar-refractivity contribution >= 4 is 6.29 Å². The molecular formula is C11H20N2O. The average Bonchev–Trinajstić information content (AvgIpc) is 2.54. The summed E-state index contributed by atoms with van der Waals surface area (Å²) in [7, 11) is 2.21. The minimum atomic E-state index is 0.0139. The van der Waals surface area contributed by atoms with Gasteiger partial charge in [0.15, 0.2) is 0 Å². The highest BCUT2D eigenvalue weighted by Crippen LogP contribution is 2.21. The smallest absolute Gasteiger partial charge is 0.134 e. The molecule has 0 radical (unpaired) electrons. The fourth-order valence-electron chi connectivity index (χ4n) is 1.55. The van der Waals surface area contributed by atoms with Crippen LogP contribution >= 0.6 is 0 Å². The summed E-state index contributed by atoms with van der Waals surface area (Å²) in [5.74, 6) is 1.85. The van der Waals surface area contributed by atoms with Gasteiger partial charge < -0.3 is 9.69 Å². The number of carbonyl (C=O) groups excluding carboxylic acids is 1. The molecule has 14 heavy (non-hydrogen) atoms. The van der Waals surface area contributed by atoms with Gasteiger partial charge in [-0.1, -0.05) is 13.8 Å². The number of nitrogens with zero attached hydrogens (tertiary/aromatic N) is 2. The number of aldehydes is 1. The van der Waals surface area contributed by atoms with Crippen LogP contribution in [0.2, 0.25) is 0 Å². The second kappa shape index (κ2) is 7.52. The van der Waals surface area contributed by atoms with Crippen molar-refractivity contribution in [3.63, 3.8) is 0 Å². The first-order valence-electron chi connectivity index (χ1n) is 5.11. The highest BCUT2D eigenvalue weighted by atomic mass is 16.1. The maximum atomic E-state index is 9.18. The van der Waals surface area contributed by atoms with Gasteiger partial charge in [0.05, 0.1) is 12.5 Å². The van der Waals surface area contributed by atoms with Gasteiger partial charge in [0.2, 0.25) is 0 Å². The molecular weight excluding hydrogens is 176 g/mol. The van der Waals surface area contributed by atoms with Crippen LogP contribution in [-0.2, 0) is 4.79 Å². The number of hydrogen-bond acceptors (Lipinski definition) is 3. The van der Waals surface area contributed by atoms with E-state index in [0.29, 0.717) is 6.29 Å². The number of hydrogen-bond donors (Lipinski definition) is 0. The summed E-state index contributed by atoms with van der Waals surface area (Å²) in [6.07, 6.45) is 1.99. The van der Waals surface area contributed by atoms with Gasteiger partial charge in [0, 0.05) is 6.54 Å². The normalized spacial score (nSPS) is 21.2. The zero-order chi connectivity index (χ0) is 11.0. The third kappa shape index (κ3) is 5.71. The fraction of sp³-hybridized carbons (Fsp3) is 0.818. The van der Waals surface area contributed by atoms with Gasteiger partial charge in [-0.25, -0.2) is 0 Å². The predicted molar refractivity (Wildman–Crippen MR) is 56.7 cm³/mol. The molecule has 0 saturated carbocycles. The summed E-state index contributed by atoms with van der Waals surface area (Å²) in [5.41, 5.74) is 0. The zero-order valence-corrected chi connectivity index (χ0v) is 9.36. The van der Waals surface area contributed by atoms with Crippen LogP contribution in [0.15, 0.2) is 0 Å². The largest absolute Gasteiger partial charge is 0.306 e. The molecule has 0 amide bonds. The second-order valence-electron chi connectivity index (χ2n) is 4.08. The molecule has 0 N–H and O–H groups in total. The van der Waals surface area contributed by atoms with Crippen molar-refractivity contribution in [2.45, 2.75) is 26.7 Å². The van der Waals surface area contributed by atoms with Crippen molar-refractivity contribution < 1.29 is 4.79 Å². The molecule has 1 saturated heterocycles. The monoisotopic (exact) mass is 196 g/mol. The van der Waals surface area contributed by atoms with Gasteiger partial charge in [-0.2, -0.15) is 5.26 Å². The minimum Gasteiger partial charge on any atom is -0.306 e. The topological polar surface area (TPSA) is 44.1 Å². The maximum absolute atomic E-state index is 9.18. The summed E-state index contributed by atoms with van der Waals surface area (Å²) < 4.78 is 0. The Morgan fingerprint density at radius 2 is 2.29 bits per heavy atom. The Kier molecular flexibility index (Phi) is 7.04. The van der Waals surface area contributed by atoms with Crippen LogP contribution in [0.4, 0.5) is 0 Å². The van der Waals surface area contributed by atoms with E-state index in [1.165, 1.54) is 19.5 Å². The van der Waals surface area contributed by atoms with E-state index in [-0.39, 0.29) is 6.42 Å². The molecule has 1 aliphatic rings. The van der Waals surface area contributed by atoms with E-state index >= 15 is 0 Å². The van der Waals surface area contributed by atoms with E-state index < -0.39 is 0 Å². The third-order valence-electron chi connectivity index (χ3n) is 2.55. The Morgan fingerprint density at radius 1 is 1.64 bits per heavy atom. The molecule has 1 fully saturated rings. The van der Waals surface area contributed by atoms with Gasteiger partial charge >= 0.3 is 0 Å². The lowest BCUT2D eigenvalue weighted by Crippen LogP contribution is -2.16. The first kappa shape index (κ1) is 13.1. The molecule has 1 heterocycles. The minimum absolute atomic E-state index is 0.0139. The van der Waals surface area contributed by atoms with E-state index in [9.17, 15) is 4.79 Å². The van der Waals surface area contributed by atoms with Crippen LogP contribution in [0, 0.1) is 23.2 Å². The van der Waals surface area contributed by atoms with E-state index in [2.05, 4.69) is 25.8 Å². The average molecular weight is 196 g/mol. The van der Waals surface area contributed by atoms with E-state index in [1.807, 2.05) is 0 Å². The quantitative estimate of drug-likeness (QED) is 0.631. The Bertz CT molecular complexity index is 196. The number of carbonyl (C=O) groups is 1. The molecule has 1 unspecified atom stereocenters. The molecule has 80 valence electrons. The summed E-state index contributed by atoms with van der Waals surface area (Å²) in [6.45, 7) is 7.27. The molecule has 0 aromatic heterocycles. The number of nitriles is 1. The lowest BCUT2D eigenvalue weighted by molar-refractivity contribution is -0.107. The molecule has 0 bridgehead atoms. The molecule has 0 aromatic carbocycles. The molecule has 1 rings (SSSR count). The SMILES string of the molecule is CC(C)C1CCN(C)C1.N#CCC=O. The third-order valence-corrected chi connectivity index (χ3v) is 2.55. The molecule has 1 atom stereocenters. The van der Waals surface area contributed by atoms with Crippen LogP contribution in [0.25, 0.3) is 0 Å². The lowest BCUT2D eigenvalue weighted by Gasteiger charge is -2.13. The van der Waals surface area contributed by atoms with Gasteiger partial charge in [-0.3, -0.25) is 0 Å². The Labute approximate surface area is 86.7 Å². The standard InChI is InChI=1S/C8H17N.C3H3NO/c1-7(2)8-4-5-9(3)6-8;4-2-1-3-5/h7-8H,4-6H2,1-3H3;3H,1H2. The van der Waals surface area contributed by atoms with Crippen molar-refractivity contribution in [3.8, 4) is 6.07 Å². The van der Waals surface area contributed by atoms with Crippen LogP contribution in [0.1, 0.15) is 26.7 Å². The van der Waals surface area contributed by atoms with Crippen molar-refractivity contribution in [2.75, 3.05) is 20.1 Å². The Morgan fingerprint density at radius 3 is 2.43 bits per heavy atom. The maximum Gasteiger partial charge on any atom is 0.134 e. The van der Waals surface area contributed by atoms with E-state index in [4.69, 9.17) is 5.26 Å². The molecule has 0 spiro atoms. The highest BCUT2D eigenvalue weighted by Gasteiger charge is 2.21. The first-order chi connectivity index (χ1) is 6.61. The molecule has 3 nitrogen and oxygen atoms in total. The van der Waals surface area contributed by atoms with Gasteiger partial charge in [-0.15, -0.1) is 0 Å². The van der Waals surface area contributed by atoms with Crippen molar-refractivity contribution in [1.29, 1.82) is 5.26 Å². The van der Waals surface area contributed by atoms with Crippen LogP contribution < -0.4 is 0 Å². The summed E-state index contributed by atoms with van der Waals surface area (Å²) in [4.78, 5) is 11.6. The zero-order valence-electron chi connectivity index (χ0n) is 9.36. The summed E-state index contributed by atoms with van der Waals surface area (Å²) in [6, 6.07) is 1.65. The van der Waals surface area contributed by atoms with Crippen molar-refractivity contribution in [2.24, 2.45) is 11.8 Å². The predicted octanol–water partition coefficient (Wildman–Crippen LogP) is 1.69.